The van der Waals surface area contributed by atoms with Crippen LogP contribution in [0.5, 0.6) is 0 Å². The molecule has 1 N–H and O–H groups in total. The molecule has 1 aromatic carbocycles. The maximum absolute atomic E-state index is 13.4. The lowest BCUT2D eigenvalue weighted by molar-refractivity contribution is 0.0931. The molecule has 0 radical (unpaired) electrons. The highest BCUT2D eigenvalue weighted by atomic mass is 79.9. The fraction of sp³-hybridized carbons (Fsp3) is 0.462. The molecule has 5 heteroatoms. The summed E-state index contributed by atoms with van der Waals surface area (Å²) < 4.78 is 26.3. The maximum atomic E-state index is 13.4. The van der Waals surface area contributed by atoms with Crippen molar-refractivity contribution < 1.29 is 13.6 Å². The molecule has 0 saturated carbocycles. The van der Waals surface area contributed by atoms with Gasteiger partial charge in [-0.25, -0.2) is 8.78 Å². The lowest BCUT2D eigenvalue weighted by atomic mass is 9.90. The summed E-state index contributed by atoms with van der Waals surface area (Å²) in [6.45, 7) is 4.40. The van der Waals surface area contributed by atoms with Gasteiger partial charge in [-0.1, -0.05) is 29.8 Å². The van der Waals surface area contributed by atoms with Crippen molar-refractivity contribution in [1.29, 1.82) is 0 Å². The van der Waals surface area contributed by atoms with Gasteiger partial charge < -0.3 is 5.32 Å². The normalized spacial score (nSPS) is 11.4. The first-order chi connectivity index (χ1) is 8.35. The molecule has 1 amide bonds. The van der Waals surface area contributed by atoms with Crippen molar-refractivity contribution in [1.82, 2.24) is 5.32 Å². The third-order valence-corrected chi connectivity index (χ3v) is 3.07. The molecule has 18 heavy (non-hydrogen) atoms. The fourth-order valence-electron chi connectivity index (χ4n) is 1.43. The quantitative estimate of drug-likeness (QED) is 0.827. The number of halogens is 3. The Hall–Kier alpha value is -0.970. The van der Waals surface area contributed by atoms with Gasteiger partial charge >= 0.3 is 0 Å². The van der Waals surface area contributed by atoms with E-state index >= 15 is 0 Å². The second kappa shape index (κ2) is 6.27. The largest absolute Gasteiger partial charge is 0.351 e. The number of hydrogen-bond donors (Lipinski definition) is 1. The Kier molecular flexibility index (Phi) is 5.26. The molecule has 0 spiro atoms. The smallest absolute Gasteiger partial charge is 0.254 e. The SMILES string of the molecule is CC(C)(CCBr)CNC(=O)c1cc(F)ccc1F. The Morgan fingerprint density at radius 3 is 2.67 bits per heavy atom. The molecule has 0 saturated heterocycles. The maximum Gasteiger partial charge on any atom is 0.254 e. The number of benzene rings is 1. The molecule has 0 aliphatic heterocycles. The summed E-state index contributed by atoms with van der Waals surface area (Å²) in [5.74, 6) is -1.93. The van der Waals surface area contributed by atoms with E-state index in [1.165, 1.54) is 0 Å². The summed E-state index contributed by atoms with van der Waals surface area (Å²) in [5, 5.41) is 3.45. The van der Waals surface area contributed by atoms with E-state index in [-0.39, 0.29) is 11.0 Å². The van der Waals surface area contributed by atoms with Crippen LogP contribution in [0.15, 0.2) is 18.2 Å². The van der Waals surface area contributed by atoms with Gasteiger partial charge in [0.2, 0.25) is 0 Å². The van der Waals surface area contributed by atoms with Gasteiger partial charge in [0.1, 0.15) is 11.6 Å². The van der Waals surface area contributed by atoms with E-state index in [0.29, 0.717) is 6.54 Å². The van der Waals surface area contributed by atoms with Crippen molar-refractivity contribution in [2.24, 2.45) is 5.41 Å². The molecule has 100 valence electrons. The Bertz CT molecular complexity index is 435. The summed E-state index contributed by atoms with van der Waals surface area (Å²) in [6, 6.07) is 2.84. The summed E-state index contributed by atoms with van der Waals surface area (Å²) in [7, 11) is 0. The second-order valence-corrected chi connectivity index (χ2v) is 5.70. The molecule has 0 aromatic heterocycles. The van der Waals surface area contributed by atoms with Gasteiger partial charge in [0.15, 0.2) is 0 Å². The van der Waals surface area contributed by atoms with Gasteiger partial charge in [-0.3, -0.25) is 4.79 Å². The zero-order chi connectivity index (χ0) is 13.8. The molecule has 0 fully saturated rings. The van der Waals surface area contributed by atoms with Gasteiger partial charge in [0.05, 0.1) is 5.56 Å². The topological polar surface area (TPSA) is 29.1 Å². The molecule has 0 atom stereocenters. The lowest BCUT2D eigenvalue weighted by Gasteiger charge is -2.23. The second-order valence-electron chi connectivity index (χ2n) is 4.91. The molecule has 0 aliphatic carbocycles. The molecule has 1 rings (SSSR count). The fourth-order valence-corrected chi connectivity index (χ4v) is 2.50. The molecular formula is C13H16BrF2NO. The van der Waals surface area contributed by atoms with Crippen LogP contribution >= 0.6 is 15.9 Å². The predicted octanol–water partition coefficient (Wildman–Crippen LogP) is 3.51. The number of amides is 1. The molecule has 0 aliphatic rings. The standard InChI is InChI=1S/C13H16BrF2NO/c1-13(2,5-6-14)8-17-12(18)10-7-9(15)3-4-11(10)16/h3-4,7H,5-6,8H2,1-2H3,(H,17,18). The first-order valence-corrected chi connectivity index (χ1v) is 6.77. The van der Waals surface area contributed by atoms with Crippen LogP contribution in [0.25, 0.3) is 0 Å². The minimum Gasteiger partial charge on any atom is -0.351 e. The summed E-state index contributed by atoms with van der Waals surface area (Å²) in [6.07, 6.45) is 0.874. The summed E-state index contributed by atoms with van der Waals surface area (Å²) >= 11 is 3.34. The van der Waals surface area contributed by atoms with Crippen molar-refractivity contribution in [2.75, 3.05) is 11.9 Å². The Morgan fingerprint density at radius 1 is 1.39 bits per heavy atom. The highest BCUT2D eigenvalue weighted by Crippen LogP contribution is 2.20. The van der Waals surface area contributed by atoms with Crippen molar-refractivity contribution in [3.63, 3.8) is 0 Å². The van der Waals surface area contributed by atoms with E-state index < -0.39 is 17.5 Å². The number of nitrogens with one attached hydrogen (secondary N) is 1. The average molecular weight is 320 g/mol. The summed E-state index contributed by atoms with van der Waals surface area (Å²) in [5.41, 5.74) is -0.354. The molecular weight excluding hydrogens is 304 g/mol. The van der Waals surface area contributed by atoms with Gasteiger partial charge in [0, 0.05) is 11.9 Å². The Morgan fingerprint density at radius 2 is 2.06 bits per heavy atom. The van der Waals surface area contributed by atoms with Gasteiger partial charge in [0.25, 0.3) is 5.91 Å². The van der Waals surface area contributed by atoms with Crippen LogP contribution in [-0.2, 0) is 0 Å². The molecule has 0 bridgehead atoms. The number of alkyl halides is 1. The molecule has 0 unspecified atom stereocenters. The van der Waals surface area contributed by atoms with Gasteiger partial charge in [-0.15, -0.1) is 0 Å². The van der Waals surface area contributed by atoms with Crippen LogP contribution in [0.4, 0.5) is 8.78 Å². The zero-order valence-corrected chi connectivity index (χ0v) is 12.0. The van der Waals surface area contributed by atoms with Crippen LogP contribution < -0.4 is 5.32 Å². The number of carbonyl (C=O) groups excluding carboxylic acids is 1. The Balaban J connectivity index is 2.69. The minimum atomic E-state index is -0.716. The van der Waals surface area contributed by atoms with E-state index in [0.717, 1.165) is 30.0 Å². The Labute approximate surface area is 114 Å². The van der Waals surface area contributed by atoms with Crippen LogP contribution in [0.3, 0.4) is 0 Å². The van der Waals surface area contributed by atoms with Crippen LogP contribution in [-0.4, -0.2) is 17.8 Å². The third kappa shape index (κ3) is 4.37. The van der Waals surface area contributed by atoms with E-state index in [4.69, 9.17) is 0 Å². The minimum absolute atomic E-state index is 0.0943. The van der Waals surface area contributed by atoms with E-state index in [1.807, 2.05) is 13.8 Å². The van der Waals surface area contributed by atoms with Crippen molar-refractivity contribution in [3.05, 3.63) is 35.4 Å². The highest BCUT2D eigenvalue weighted by molar-refractivity contribution is 9.09. The van der Waals surface area contributed by atoms with E-state index in [2.05, 4.69) is 21.2 Å². The van der Waals surface area contributed by atoms with E-state index in [1.54, 1.807) is 0 Å². The lowest BCUT2D eigenvalue weighted by Crippen LogP contribution is -2.34. The van der Waals surface area contributed by atoms with E-state index in [9.17, 15) is 13.6 Å². The zero-order valence-electron chi connectivity index (χ0n) is 10.4. The first-order valence-electron chi connectivity index (χ1n) is 5.65. The number of carbonyl (C=O) groups is 1. The first kappa shape index (κ1) is 15.1. The monoisotopic (exact) mass is 319 g/mol. The number of hydrogen-bond acceptors (Lipinski definition) is 1. The average Bonchev–Trinajstić information content (AvgIpc) is 2.29. The van der Waals surface area contributed by atoms with Crippen molar-refractivity contribution >= 4 is 21.8 Å². The van der Waals surface area contributed by atoms with Gasteiger partial charge in [-0.2, -0.15) is 0 Å². The predicted molar refractivity (Wildman–Crippen MR) is 70.9 cm³/mol. The highest BCUT2D eigenvalue weighted by Gasteiger charge is 2.20. The van der Waals surface area contributed by atoms with Crippen LogP contribution in [0.2, 0.25) is 0 Å². The third-order valence-electron chi connectivity index (χ3n) is 2.67. The molecule has 0 heterocycles. The molecule has 1 aromatic rings. The molecule has 2 nitrogen and oxygen atoms in total. The van der Waals surface area contributed by atoms with Crippen LogP contribution in [0.1, 0.15) is 30.6 Å². The van der Waals surface area contributed by atoms with Crippen LogP contribution in [0, 0.1) is 17.0 Å². The van der Waals surface area contributed by atoms with Crippen molar-refractivity contribution in [3.8, 4) is 0 Å². The van der Waals surface area contributed by atoms with Gasteiger partial charge in [-0.05, 0) is 30.0 Å². The summed E-state index contributed by atoms with van der Waals surface area (Å²) in [4.78, 5) is 11.7. The van der Waals surface area contributed by atoms with Crippen molar-refractivity contribution in [2.45, 2.75) is 20.3 Å². The number of rotatable bonds is 5.